The first-order valence-electron chi connectivity index (χ1n) is 11.9. The predicted octanol–water partition coefficient (Wildman–Crippen LogP) is 3.01. The van der Waals surface area contributed by atoms with Crippen LogP contribution in [0.2, 0.25) is 5.02 Å². The van der Waals surface area contributed by atoms with Gasteiger partial charge in [0.05, 0.1) is 24.5 Å². The Hall–Kier alpha value is -3.44. The van der Waals surface area contributed by atoms with Gasteiger partial charge in [-0.25, -0.2) is 9.59 Å². The highest BCUT2D eigenvalue weighted by Crippen LogP contribution is 2.30. The summed E-state index contributed by atoms with van der Waals surface area (Å²) in [6, 6.07) is 8.11. The largest absolute Gasteiger partial charge is 0.457 e. The van der Waals surface area contributed by atoms with Crippen LogP contribution in [-0.2, 0) is 36.6 Å². The first-order chi connectivity index (χ1) is 19.4. The average Bonchev–Trinajstić information content (AvgIpc) is 3.22. The van der Waals surface area contributed by atoms with E-state index in [9.17, 15) is 36.3 Å². The third kappa shape index (κ3) is 11.1. The zero-order chi connectivity index (χ0) is 31.8. The molecule has 17 heteroatoms. The van der Waals surface area contributed by atoms with E-state index >= 15 is 0 Å². The van der Waals surface area contributed by atoms with Crippen molar-refractivity contribution < 1.29 is 49.6 Å². The molecule has 1 heterocycles. The van der Waals surface area contributed by atoms with E-state index in [1.165, 1.54) is 18.2 Å². The Morgan fingerprint density at radius 1 is 1.17 bits per heavy atom. The number of alkyl halides is 3. The molecule has 0 radical (unpaired) electrons. The Balaban J connectivity index is 0.00000144. The lowest BCUT2D eigenvalue weighted by Gasteiger charge is -2.18. The molecule has 0 spiro atoms. The van der Waals surface area contributed by atoms with E-state index in [0.29, 0.717) is 6.26 Å². The lowest BCUT2D eigenvalue weighted by atomic mass is 10.1. The normalized spacial score (nSPS) is 13.2. The highest BCUT2D eigenvalue weighted by atomic mass is 35.5. The number of hydrogen-bond donors (Lipinski definition) is 1. The molecule has 3 aromatic rings. The van der Waals surface area contributed by atoms with Gasteiger partial charge in [-0.15, -0.1) is 5.10 Å². The fourth-order valence-corrected chi connectivity index (χ4v) is 3.85. The molecule has 0 aliphatic rings. The van der Waals surface area contributed by atoms with Crippen LogP contribution in [0.15, 0.2) is 51.7 Å². The molecule has 2 atom stereocenters. The molecular weight excluding hydrogens is 611 g/mol. The lowest BCUT2D eigenvalue weighted by molar-refractivity contribution is -0.163. The Morgan fingerprint density at radius 3 is 2.29 bits per heavy atom. The van der Waals surface area contributed by atoms with Crippen molar-refractivity contribution in [2.45, 2.75) is 31.9 Å². The number of esters is 1. The summed E-state index contributed by atoms with van der Waals surface area (Å²) in [4.78, 5) is 26.5. The van der Waals surface area contributed by atoms with Crippen molar-refractivity contribution >= 4 is 27.7 Å². The van der Waals surface area contributed by atoms with Gasteiger partial charge in [0.15, 0.2) is 6.10 Å². The minimum atomic E-state index is -4.53. The maximum Gasteiger partial charge on any atom is 0.437 e. The molecule has 12 nitrogen and oxygen atoms in total. The van der Waals surface area contributed by atoms with E-state index < -0.39 is 52.6 Å². The van der Waals surface area contributed by atoms with E-state index in [0.717, 1.165) is 35.9 Å². The summed E-state index contributed by atoms with van der Waals surface area (Å²) < 4.78 is 81.7. The molecule has 1 N–H and O–H groups in total. The van der Waals surface area contributed by atoms with E-state index in [4.69, 9.17) is 25.5 Å². The third-order valence-electron chi connectivity index (χ3n) is 4.77. The number of aromatic nitrogens is 2. The van der Waals surface area contributed by atoms with Gasteiger partial charge in [-0.2, -0.15) is 26.3 Å². The van der Waals surface area contributed by atoms with Crippen LogP contribution < -0.4 is 10.5 Å². The van der Waals surface area contributed by atoms with Crippen LogP contribution in [0.3, 0.4) is 0 Å². The first kappa shape index (κ1) is 34.8. The number of carbonyl (C=O) groups excluding carboxylic acids is 1. The summed E-state index contributed by atoms with van der Waals surface area (Å²) in [5, 5.41) is 13.9. The topological polar surface area (TPSA) is 150 Å². The minimum Gasteiger partial charge on any atom is -0.457 e. The van der Waals surface area contributed by atoms with Crippen molar-refractivity contribution in [3.8, 4) is 17.2 Å². The Kier molecular flexibility index (Phi) is 12.1. The van der Waals surface area contributed by atoms with Crippen LogP contribution in [-0.4, -0.2) is 80.6 Å². The van der Waals surface area contributed by atoms with Crippen LogP contribution in [0, 0.1) is 0 Å². The number of rotatable bonds is 10. The minimum absolute atomic E-state index is 0.0887. The first-order valence-corrected chi connectivity index (χ1v) is 14.1. The van der Waals surface area contributed by atoms with Gasteiger partial charge >= 0.3 is 17.9 Å². The number of aliphatic hydroxyl groups excluding tert-OH is 1. The summed E-state index contributed by atoms with van der Waals surface area (Å²) in [6.07, 6.45) is -7.17. The number of benzene rings is 2. The smallest absolute Gasteiger partial charge is 0.437 e. The second-order valence-corrected chi connectivity index (χ2v) is 11.2. The molecule has 0 saturated carbocycles. The number of halogens is 4. The van der Waals surface area contributed by atoms with Crippen LogP contribution in [0.1, 0.15) is 18.1 Å². The maximum absolute atomic E-state index is 12.8. The molecule has 1 aromatic heterocycles. The number of ether oxygens (including phenoxy) is 2. The number of nitrogens with zero attached hydrogens (tertiary/aromatic N) is 3. The van der Waals surface area contributed by atoms with Gasteiger partial charge in [-0.05, 0) is 70.5 Å². The van der Waals surface area contributed by atoms with Crippen molar-refractivity contribution in [2.24, 2.45) is 0 Å². The van der Waals surface area contributed by atoms with Crippen molar-refractivity contribution in [3.05, 3.63) is 69.2 Å². The fourth-order valence-electron chi connectivity index (χ4n) is 3.04. The van der Waals surface area contributed by atoms with Gasteiger partial charge < -0.3 is 23.9 Å². The van der Waals surface area contributed by atoms with E-state index in [2.05, 4.69) is 9.28 Å². The van der Waals surface area contributed by atoms with Crippen LogP contribution in [0.5, 0.6) is 5.75 Å². The number of aliphatic hydroxyl groups is 1. The standard InChI is InChI=1S/C22H20ClF3N2O9S.C3H9N/c1-12(29)18(37-38(2,32)33)20(30)35-11-34-17-8-7-16(23)9-14(17)10-28-21(31)36-19(27-28)13-3-5-15(6-4-13)22(24,25)26;1-4(2)3/h3-9,12,18,29H,10-11H2,1-2H3;1-3H3. The molecule has 42 heavy (non-hydrogen) atoms. The number of carbonyl (C=O) groups is 1. The van der Waals surface area contributed by atoms with Gasteiger partial charge in [0, 0.05) is 16.1 Å². The third-order valence-corrected chi connectivity index (χ3v) is 5.56. The number of hydrogen-bond acceptors (Lipinski definition) is 11. The average molecular weight is 640 g/mol. The summed E-state index contributed by atoms with van der Waals surface area (Å²) in [7, 11) is 1.92. The quantitative estimate of drug-likeness (QED) is 0.198. The van der Waals surface area contributed by atoms with Gasteiger partial charge in [-0.3, -0.25) is 4.18 Å². The SMILES string of the molecule is CC(O)C(OS(C)(=O)=O)C(=O)OCOc1ccc(Cl)cc1Cn1nc(-c2ccc(C(F)(F)F)cc2)oc1=O.CN(C)C. The van der Waals surface area contributed by atoms with Crippen LogP contribution in [0.25, 0.3) is 11.5 Å². The highest BCUT2D eigenvalue weighted by Gasteiger charge is 2.31. The molecule has 2 aromatic carbocycles. The molecule has 0 fully saturated rings. The highest BCUT2D eigenvalue weighted by molar-refractivity contribution is 7.86. The molecule has 0 bridgehead atoms. The van der Waals surface area contributed by atoms with Gasteiger partial charge in [0.2, 0.25) is 12.7 Å². The van der Waals surface area contributed by atoms with Crippen molar-refractivity contribution in [1.82, 2.24) is 14.7 Å². The Bertz CT molecular complexity index is 1500. The summed E-state index contributed by atoms with van der Waals surface area (Å²) in [5.74, 6) is -2.27. The van der Waals surface area contributed by atoms with Gasteiger partial charge in [-0.1, -0.05) is 11.6 Å². The van der Waals surface area contributed by atoms with E-state index in [1.807, 2.05) is 26.0 Å². The molecule has 0 aliphatic heterocycles. The molecule has 3 rings (SSSR count). The molecule has 232 valence electrons. The van der Waals surface area contributed by atoms with E-state index in [-0.39, 0.29) is 34.3 Å². The second kappa shape index (κ2) is 14.6. The fraction of sp³-hybridized carbons (Fsp3) is 0.400. The molecule has 0 aliphatic carbocycles. The maximum atomic E-state index is 12.8. The van der Waals surface area contributed by atoms with Gasteiger partial charge in [0.1, 0.15) is 5.75 Å². The van der Waals surface area contributed by atoms with Gasteiger partial charge in [0.25, 0.3) is 10.1 Å². The zero-order valence-electron chi connectivity index (χ0n) is 23.1. The Morgan fingerprint density at radius 2 is 1.76 bits per heavy atom. The molecule has 0 saturated heterocycles. The zero-order valence-corrected chi connectivity index (χ0v) is 24.7. The summed E-state index contributed by atoms with van der Waals surface area (Å²) in [5.41, 5.74) is -0.471. The van der Waals surface area contributed by atoms with Crippen molar-refractivity contribution in [3.63, 3.8) is 0 Å². The van der Waals surface area contributed by atoms with Crippen LogP contribution in [0.4, 0.5) is 13.2 Å². The molecule has 0 amide bonds. The summed E-state index contributed by atoms with van der Waals surface area (Å²) >= 11 is 6.03. The molecular formula is C25H29ClF3N3O9S. The van der Waals surface area contributed by atoms with Crippen molar-refractivity contribution in [2.75, 3.05) is 34.2 Å². The monoisotopic (exact) mass is 639 g/mol. The predicted molar refractivity (Wildman–Crippen MR) is 144 cm³/mol. The lowest BCUT2D eigenvalue weighted by Crippen LogP contribution is -2.38. The van der Waals surface area contributed by atoms with Crippen molar-refractivity contribution in [1.29, 1.82) is 0 Å². The van der Waals surface area contributed by atoms with E-state index in [1.54, 1.807) is 0 Å². The van der Waals surface area contributed by atoms with Crippen LogP contribution >= 0.6 is 11.6 Å². The Labute approximate surface area is 244 Å². The molecule has 2 unspecified atom stereocenters. The second-order valence-electron chi connectivity index (χ2n) is 9.19. The summed E-state index contributed by atoms with van der Waals surface area (Å²) in [6.45, 7) is 0.151.